The third kappa shape index (κ3) is 3.24. The SMILES string of the molecule is Cn1cc(N2CCCC(NC(=O)[C@@H]3CCC[C@@H]3CN)C2=O)cn1. The van der Waals surface area contributed by atoms with Gasteiger partial charge in [0.1, 0.15) is 6.04 Å². The Bertz CT molecular complexity index is 585. The fourth-order valence-corrected chi connectivity index (χ4v) is 3.76. The predicted octanol–water partition coefficient (Wildman–Crippen LogP) is 0.407. The number of piperidine rings is 1. The maximum atomic E-state index is 12.7. The molecule has 7 nitrogen and oxygen atoms in total. The molecule has 7 heteroatoms. The lowest BCUT2D eigenvalue weighted by Gasteiger charge is -2.32. The lowest BCUT2D eigenvalue weighted by Crippen LogP contribution is -2.53. The summed E-state index contributed by atoms with van der Waals surface area (Å²) in [5, 5.41) is 7.09. The standard InChI is InChI=1S/C16H25N5O2/c1-20-10-12(9-18-20)21-7-3-6-14(16(21)23)19-15(22)13-5-2-4-11(13)8-17/h9-11,13-14H,2-8,17H2,1H3,(H,19,22)/t11-,13-,14?/m1/s1. The summed E-state index contributed by atoms with van der Waals surface area (Å²) in [6, 6.07) is -0.435. The van der Waals surface area contributed by atoms with Crippen LogP contribution in [0.3, 0.4) is 0 Å². The van der Waals surface area contributed by atoms with Gasteiger partial charge in [-0.05, 0) is 38.1 Å². The molecule has 0 radical (unpaired) electrons. The van der Waals surface area contributed by atoms with Crippen molar-refractivity contribution in [2.24, 2.45) is 24.6 Å². The predicted molar refractivity (Wildman–Crippen MR) is 86.6 cm³/mol. The molecular weight excluding hydrogens is 294 g/mol. The highest BCUT2D eigenvalue weighted by Gasteiger charge is 2.36. The number of hydrogen-bond acceptors (Lipinski definition) is 4. The van der Waals surface area contributed by atoms with Gasteiger partial charge in [-0.3, -0.25) is 14.3 Å². The smallest absolute Gasteiger partial charge is 0.249 e. The number of amides is 2. The Hall–Kier alpha value is -1.89. The van der Waals surface area contributed by atoms with Crippen molar-refractivity contribution in [1.29, 1.82) is 0 Å². The van der Waals surface area contributed by atoms with Gasteiger partial charge >= 0.3 is 0 Å². The topological polar surface area (TPSA) is 93.2 Å². The van der Waals surface area contributed by atoms with Crippen LogP contribution in [0.2, 0.25) is 0 Å². The monoisotopic (exact) mass is 319 g/mol. The second-order valence-corrected chi connectivity index (χ2v) is 6.60. The number of aromatic nitrogens is 2. The molecule has 0 aromatic carbocycles. The molecule has 1 unspecified atom stereocenters. The minimum absolute atomic E-state index is 0.00987. The van der Waals surface area contributed by atoms with Crippen LogP contribution in [0, 0.1) is 11.8 Å². The zero-order valence-corrected chi connectivity index (χ0v) is 13.6. The molecule has 23 heavy (non-hydrogen) atoms. The summed E-state index contributed by atoms with van der Waals surface area (Å²) in [6.07, 6.45) is 8.00. The third-order valence-electron chi connectivity index (χ3n) is 5.06. The molecule has 2 amide bonds. The molecule has 2 fully saturated rings. The van der Waals surface area contributed by atoms with E-state index in [2.05, 4.69) is 10.4 Å². The van der Waals surface area contributed by atoms with Crippen molar-refractivity contribution in [2.45, 2.75) is 38.1 Å². The molecule has 1 aromatic heterocycles. The molecule has 2 heterocycles. The summed E-state index contributed by atoms with van der Waals surface area (Å²) in [5.74, 6) is 0.161. The van der Waals surface area contributed by atoms with Crippen molar-refractivity contribution in [3.8, 4) is 0 Å². The van der Waals surface area contributed by atoms with Crippen molar-refractivity contribution in [3.05, 3.63) is 12.4 Å². The van der Waals surface area contributed by atoms with Gasteiger partial charge in [-0.25, -0.2) is 0 Å². The van der Waals surface area contributed by atoms with E-state index in [-0.39, 0.29) is 23.7 Å². The van der Waals surface area contributed by atoms with E-state index in [1.807, 2.05) is 13.2 Å². The number of hydrogen-bond donors (Lipinski definition) is 2. The number of anilines is 1. The lowest BCUT2D eigenvalue weighted by molar-refractivity contribution is -0.131. The van der Waals surface area contributed by atoms with E-state index in [0.29, 0.717) is 19.5 Å². The molecule has 1 aliphatic heterocycles. The van der Waals surface area contributed by atoms with E-state index in [4.69, 9.17) is 5.73 Å². The van der Waals surface area contributed by atoms with Crippen molar-refractivity contribution < 1.29 is 9.59 Å². The Morgan fingerprint density at radius 2 is 2.22 bits per heavy atom. The highest BCUT2D eigenvalue weighted by Crippen LogP contribution is 2.31. The Labute approximate surface area is 136 Å². The molecule has 0 bridgehead atoms. The van der Waals surface area contributed by atoms with E-state index in [0.717, 1.165) is 31.4 Å². The minimum Gasteiger partial charge on any atom is -0.344 e. The van der Waals surface area contributed by atoms with Crippen molar-refractivity contribution in [1.82, 2.24) is 15.1 Å². The molecule has 126 valence electrons. The largest absolute Gasteiger partial charge is 0.344 e. The highest BCUT2D eigenvalue weighted by atomic mass is 16.2. The van der Waals surface area contributed by atoms with Gasteiger partial charge in [-0.15, -0.1) is 0 Å². The second kappa shape index (κ2) is 6.70. The molecule has 1 saturated carbocycles. The summed E-state index contributed by atoms with van der Waals surface area (Å²) in [4.78, 5) is 26.9. The van der Waals surface area contributed by atoms with Crippen LogP contribution in [-0.4, -0.2) is 40.7 Å². The van der Waals surface area contributed by atoms with Crippen LogP contribution < -0.4 is 16.0 Å². The number of nitrogens with zero attached hydrogens (tertiary/aromatic N) is 3. The van der Waals surface area contributed by atoms with Crippen LogP contribution in [0.5, 0.6) is 0 Å². The Balaban J connectivity index is 1.65. The normalized spacial score (nSPS) is 28.2. The number of nitrogens with one attached hydrogen (secondary N) is 1. The summed E-state index contributed by atoms with van der Waals surface area (Å²) in [7, 11) is 1.82. The van der Waals surface area contributed by atoms with Gasteiger partial charge in [0.05, 0.1) is 11.9 Å². The van der Waals surface area contributed by atoms with Gasteiger partial charge < -0.3 is 16.0 Å². The number of carbonyl (C=O) groups is 2. The third-order valence-corrected chi connectivity index (χ3v) is 5.06. The molecule has 1 saturated heterocycles. The minimum atomic E-state index is -0.435. The van der Waals surface area contributed by atoms with Crippen molar-refractivity contribution in [2.75, 3.05) is 18.0 Å². The Kier molecular flexibility index (Phi) is 4.66. The first-order valence-corrected chi connectivity index (χ1v) is 8.40. The first-order valence-electron chi connectivity index (χ1n) is 8.40. The average Bonchev–Trinajstić information content (AvgIpc) is 3.17. The fourth-order valence-electron chi connectivity index (χ4n) is 3.76. The van der Waals surface area contributed by atoms with E-state index < -0.39 is 6.04 Å². The van der Waals surface area contributed by atoms with E-state index in [9.17, 15) is 9.59 Å². The van der Waals surface area contributed by atoms with Crippen LogP contribution in [0.15, 0.2) is 12.4 Å². The number of carbonyl (C=O) groups excluding carboxylic acids is 2. The summed E-state index contributed by atoms with van der Waals surface area (Å²) in [6.45, 7) is 1.21. The van der Waals surface area contributed by atoms with E-state index in [1.54, 1.807) is 15.8 Å². The maximum Gasteiger partial charge on any atom is 0.249 e. The lowest BCUT2D eigenvalue weighted by atomic mass is 9.94. The summed E-state index contributed by atoms with van der Waals surface area (Å²) >= 11 is 0. The van der Waals surface area contributed by atoms with Crippen LogP contribution >= 0.6 is 0 Å². The van der Waals surface area contributed by atoms with Gasteiger partial charge in [-0.2, -0.15) is 5.10 Å². The number of aryl methyl sites for hydroxylation is 1. The zero-order chi connectivity index (χ0) is 16.4. The number of rotatable bonds is 4. The van der Waals surface area contributed by atoms with Crippen LogP contribution in [0.4, 0.5) is 5.69 Å². The first-order chi connectivity index (χ1) is 11.1. The van der Waals surface area contributed by atoms with Gasteiger partial charge in [-0.1, -0.05) is 6.42 Å². The molecular formula is C16H25N5O2. The van der Waals surface area contributed by atoms with Crippen molar-refractivity contribution in [3.63, 3.8) is 0 Å². The molecule has 2 aliphatic rings. The van der Waals surface area contributed by atoms with Crippen molar-refractivity contribution >= 4 is 17.5 Å². The van der Waals surface area contributed by atoms with Gasteiger partial charge in [0.15, 0.2) is 0 Å². The van der Waals surface area contributed by atoms with Gasteiger partial charge in [0.2, 0.25) is 11.8 Å². The fraction of sp³-hybridized carbons (Fsp3) is 0.688. The van der Waals surface area contributed by atoms with Crippen LogP contribution in [-0.2, 0) is 16.6 Å². The molecule has 0 spiro atoms. The molecule has 3 N–H and O–H groups in total. The Morgan fingerprint density at radius 3 is 2.91 bits per heavy atom. The number of nitrogens with two attached hydrogens (primary N) is 1. The van der Waals surface area contributed by atoms with Crippen LogP contribution in [0.25, 0.3) is 0 Å². The van der Waals surface area contributed by atoms with E-state index >= 15 is 0 Å². The first kappa shape index (κ1) is 16.0. The highest BCUT2D eigenvalue weighted by molar-refractivity contribution is 5.99. The second-order valence-electron chi connectivity index (χ2n) is 6.60. The quantitative estimate of drug-likeness (QED) is 0.840. The summed E-state index contributed by atoms with van der Waals surface area (Å²) in [5.41, 5.74) is 6.55. The zero-order valence-electron chi connectivity index (χ0n) is 13.6. The van der Waals surface area contributed by atoms with Gasteiger partial charge in [0.25, 0.3) is 0 Å². The molecule has 1 aromatic rings. The maximum absolute atomic E-state index is 12.7. The molecule has 3 rings (SSSR count). The van der Waals surface area contributed by atoms with Gasteiger partial charge in [0, 0.05) is 25.7 Å². The molecule has 3 atom stereocenters. The van der Waals surface area contributed by atoms with Crippen LogP contribution in [0.1, 0.15) is 32.1 Å². The van der Waals surface area contributed by atoms with E-state index in [1.165, 1.54) is 0 Å². The Morgan fingerprint density at radius 1 is 1.39 bits per heavy atom. The molecule has 1 aliphatic carbocycles. The average molecular weight is 319 g/mol. The summed E-state index contributed by atoms with van der Waals surface area (Å²) < 4.78 is 1.68.